The second kappa shape index (κ2) is 8.21. The van der Waals surface area contributed by atoms with E-state index in [1.54, 1.807) is 0 Å². The van der Waals surface area contributed by atoms with Crippen LogP contribution in [0.1, 0.15) is 29.4 Å². The van der Waals surface area contributed by atoms with Crippen molar-refractivity contribution in [2.24, 2.45) is 0 Å². The van der Waals surface area contributed by atoms with E-state index in [0.29, 0.717) is 18.0 Å². The van der Waals surface area contributed by atoms with Gasteiger partial charge >= 0.3 is 5.97 Å². The van der Waals surface area contributed by atoms with Gasteiger partial charge in [0.2, 0.25) is 5.91 Å². The fraction of sp³-hybridized carbons (Fsp3) is 0.250. The van der Waals surface area contributed by atoms with Crippen LogP contribution in [0, 0.1) is 0 Å². The van der Waals surface area contributed by atoms with Gasteiger partial charge in [0.25, 0.3) is 5.91 Å². The molecule has 1 unspecified atom stereocenters. The summed E-state index contributed by atoms with van der Waals surface area (Å²) in [6.07, 6.45) is 0.919. The van der Waals surface area contributed by atoms with E-state index in [4.69, 9.17) is 5.11 Å². The van der Waals surface area contributed by atoms with Gasteiger partial charge < -0.3 is 15.7 Å². The van der Waals surface area contributed by atoms with Crippen LogP contribution >= 0.6 is 11.3 Å². The van der Waals surface area contributed by atoms with Crippen LogP contribution in [0.25, 0.3) is 0 Å². The average molecular weight is 347 g/mol. The number of carbonyl (C=O) groups is 3. The van der Waals surface area contributed by atoms with E-state index in [1.165, 1.54) is 12.3 Å². The van der Waals surface area contributed by atoms with Crippen molar-refractivity contribution in [3.05, 3.63) is 47.0 Å². The van der Waals surface area contributed by atoms with Gasteiger partial charge in [-0.15, -0.1) is 11.3 Å². The zero-order valence-electron chi connectivity index (χ0n) is 13.0. The predicted molar refractivity (Wildman–Crippen MR) is 90.1 cm³/mol. The molecule has 0 saturated heterocycles. The topological polar surface area (TPSA) is 108 Å². The number of benzene rings is 1. The Morgan fingerprint density at radius 2 is 1.96 bits per heavy atom. The minimum atomic E-state index is -1.13. The molecule has 0 radical (unpaired) electrons. The highest BCUT2D eigenvalue weighted by Crippen LogP contribution is 2.16. The minimum Gasteiger partial charge on any atom is -0.480 e. The van der Waals surface area contributed by atoms with Crippen molar-refractivity contribution in [2.45, 2.75) is 25.8 Å². The summed E-state index contributed by atoms with van der Waals surface area (Å²) in [5.74, 6) is -1.92. The van der Waals surface area contributed by atoms with E-state index in [-0.39, 0.29) is 11.6 Å². The monoisotopic (exact) mass is 347 g/mol. The number of thiazole rings is 1. The van der Waals surface area contributed by atoms with Crippen LogP contribution in [0.4, 0.5) is 5.13 Å². The van der Waals surface area contributed by atoms with Gasteiger partial charge in [-0.3, -0.25) is 14.4 Å². The maximum absolute atomic E-state index is 11.9. The number of anilines is 1. The van der Waals surface area contributed by atoms with Crippen molar-refractivity contribution >= 4 is 34.3 Å². The molecule has 8 heteroatoms. The summed E-state index contributed by atoms with van der Waals surface area (Å²) in [6, 6.07) is 8.62. The first kappa shape index (κ1) is 17.6. The first-order valence-corrected chi connectivity index (χ1v) is 8.16. The first-order chi connectivity index (χ1) is 11.5. The smallest absolute Gasteiger partial charge is 0.325 e. The van der Waals surface area contributed by atoms with Crippen LogP contribution in [0.3, 0.4) is 0 Å². The molecule has 0 spiro atoms. The van der Waals surface area contributed by atoms with Crippen LogP contribution in [-0.2, 0) is 16.0 Å². The normalized spacial score (nSPS) is 11.5. The van der Waals surface area contributed by atoms with Crippen molar-refractivity contribution in [3.63, 3.8) is 0 Å². The molecule has 0 saturated carbocycles. The number of carbonyl (C=O) groups excluding carboxylic acids is 2. The molecule has 0 bridgehead atoms. The maximum Gasteiger partial charge on any atom is 0.325 e. The maximum atomic E-state index is 11.9. The molecule has 1 atom stereocenters. The summed E-state index contributed by atoms with van der Waals surface area (Å²) in [5.41, 5.74) is 1.14. The molecule has 7 nitrogen and oxygen atoms in total. The predicted octanol–water partition coefficient (Wildman–Crippen LogP) is 1.92. The number of hydrogen-bond acceptors (Lipinski definition) is 5. The van der Waals surface area contributed by atoms with Gasteiger partial charge in [0.05, 0.1) is 0 Å². The summed E-state index contributed by atoms with van der Waals surface area (Å²) in [6.45, 7) is 1.36. The SMILES string of the molecule is CC(NC(=O)c1csc(NC(=O)CCc2ccccc2)n1)C(=O)O. The van der Waals surface area contributed by atoms with Gasteiger partial charge in [-0.1, -0.05) is 30.3 Å². The van der Waals surface area contributed by atoms with Crippen molar-refractivity contribution in [1.29, 1.82) is 0 Å². The highest BCUT2D eigenvalue weighted by Gasteiger charge is 2.18. The number of nitrogens with one attached hydrogen (secondary N) is 2. The van der Waals surface area contributed by atoms with Crippen molar-refractivity contribution < 1.29 is 19.5 Å². The number of carboxylic acid groups (broad SMARTS) is 1. The third-order valence-electron chi connectivity index (χ3n) is 3.18. The van der Waals surface area contributed by atoms with Gasteiger partial charge in [-0.2, -0.15) is 0 Å². The number of hydrogen-bond donors (Lipinski definition) is 3. The Kier molecular flexibility index (Phi) is 6.02. The molecule has 2 aromatic rings. The first-order valence-electron chi connectivity index (χ1n) is 7.28. The fourth-order valence-electron chi connectivity index (χ4n) is 1.85. The lowest BCUT2D eigenvalue weighted by molar-refractivity contribution is -0.138. The lowest BCUT2D eigenvalue weighted by Gasteiger charge is -2.06. The Labute approximate surface area is 142 Å². The zero-order valence-corrected chi connectivity index (χ0v) is 13.8. The molecule has 1 heterocycles. The number of aromatic nitrogens is 1. The molecule has 0 aliphatic rings. The number of aryl methyl sites for hydroxylation is 1. The number of nitrogens with zero attached hydrogens (tertiary/aromatic N) is 1. The van der Waals surface area contributed by atoms with E-state index in [2.05, 4.69) is 15.6 Å². The van der Waals surface area contributed by atoms with Crippen LogP contribution < -0.4 is 10.6 Å². The highest BCUT2D eigenvalue weighted by molar-refractivity contribution is 7.14. The van der Waals surface area contributed by atoms with E-state index in [0.717, 1.165) is 16.9 Å². The summed E-state index contributed by atoms with van der Waals surface area (Å²) in [7, 11) is 0. The molecular weight excluding hydrogens is 330 g/mol. The van der Waals surface area contributed by atoms with Crippen LogP contribution in [0.2, 0.25) is 0 Å². The second-order valence-electron chi connectivity index (χ2n) is 5.11. The lowest BCUT2D eigenvalue weighted by atomic mass is 10.1. The molecular formula is C16H17N3O4S. The minimum absolute atomic E-state index is 0.0754. The Balaban J connectivity index is 1.85. The Morgan fingerprint density at radius 1 is 1.25 bits per heavy atom. The molecule has 2 rings (SSSR count). The Morgan fingerprint density at radius 3 is 2.62 bits per heavy atom. The summed E-state index contributed by atoms with van der Waals surface area (Å²) in [5, 5.41) is 15.5. The number of rotatable bonds is 7. The van der Waals surface area contributed by atoms with E-state index in [1.807, 2.05) is 30.3 Å². The van der Waals surface area contributed by atoms with E-state index in [9.17, 15) is 14.4 Å². The fourth-order valence-corrected chi connectivity index (χ4v) is 2.56. The van der Waals surface area contributed by atoms with Gasteiger partial charge in [0.15, 0.2) is 5.13 Å². The molecule has 126 valence electrons. The van der Waals surface area contributed by atoms with Gasteiger partial charge in [-0.05, 0) is 18.9 Å². The highest BCUT2D eigenvalue weighted by atomic mass is 32.1. The molecule has 3 N–H and O–H groups in total. The van der Waals surface area contributed by atoms with Crippen molar-refractivity contribution in [3.8, 4) is 0 Å². The molecule has 24 heavy (non-hydrogen) atoms. The van der Waals surface area contributed by atoms with Crippen molar-refractivity contribution in [1.82, 2.24) is 10.3 Å². The third kappa shape index (κ3) is 5.17. The largest absolute Gasteiger partial charge is 0.480 e. The van der Waals surface area contributed by atoms with Crippen LogP contribution in [0.15, 0.2) is 35.7 Å². The quantitative estimate of drug-likeness (QED) is 0.709. The molecule has 0 aliphatic heterocycles. The molecule has 0 fully saturated rings. The van der Waals surface area contributed by atoms with Gasteiger partial charge in [-0.25, -0.2) is 4.98 Å². The zero-order chi connectivity index (χ0) is 17.5. The van der Waals surface area contributed by atoms with Crippen LogP contribution in [0.5, 0.6) is 0 Å². The average Bonchev–Trinajstić information content (AvgIpc) is 3.02. The molecule has 1 aromatic heterocycles. The van der Waals surface area contributed by atoms with Gasteiger partial charge in [0.1, 0.15) is 11.7 Å². The second-order valence-corrected chi connectivity index (χ2v) is 5.96. The number of carboxylic acids is 1. The molecule has 0 aliphatic carbocycles. The lowest BCUT2D eigenvalue weighted by Crippen LogP contribution is -2.38. The molecule has 2 amide bonds. The van der Waals surface area contributed by atoms with Crippen molar-refractivity contribution in [2.75, 3.05) is 5.32 Å². The number of aliphatic carboxylic acids is 1. The van der Waals surface area contributed by atoms with E-state index < -0.39 is 17.9 Å². The summed E-state index contributed by atoms with van der Waals surface area (Å²) < 4.78 is 0. The Hall–Kier alpha value is -2.74. The van der Waals surface area contributed by atoms with E-state index >= 15 is 0 Å². The van der Waals surface area contributed by atoms with Crippen LogP contribution in [-0.4, -0.2) is 33.9 Å². The third-order valence-corrected chi connectivity index (χ3v) is 3.94. The van der Waals surface area contributed by atoms with Gasteiger partial charge in [0, 0.05) is 11.8 Å². The Bertz CT molecular complexity index is 730. The summed E-state index contributed by atoms with van der Waals surface area (Å²) >= 11 is 1.11. The standard InChI is InChI=1S/C16H17N3O4S/c1-10(15(22)23)17-14(21)12-9-24-16(18-12)19-13(20)8-7-11-5-3-2-4-6-11/h2-6,9-10H,7-8H2,1H3,(H,17,21)(H,22,23)(H,18,19,20). The molecule has 1 aromatic carbocycles. The number of amides is 2. The summed E-state index contributed by atoms with van der Waals surface area (Å²) in [4.78, 5) is 38.5.